The number of Topliss-reactive ketones (excluding diaryl/α,β-unsaturated/α-hetero) is 2. The van der Waals surface area contributed by atoms with E-state index in [2.05, 4.69) is 10.5 Å². The Morgan fingerprint density at radius 1 is 1.03 bits per heavy atom. The molecule has 1 aliphatic carbocycles. The van der Waals surface area contributed by atoms with Crippen LogP contribution in [0.1, 0.15) is 92.5 Å². The van der Waals surface area contributed by atoms with Gasteiger partial charge in [-0.1, -0.05) is 67.5 Å². The number of nitrogens with zero attached hydrogens (tertiary/aromatic N) is 1. The van der Waals surface area contributed by atoms with Gasteiger partial charge in [-0.25, -0.2) is 4.39 Å². The summed E-state index contributed by atoms with van der Waals surface area (Å²) in [6.45, 7) is 18.9. The third kappa shape index (κ3) is 7.52. The highest BCUT2D eigenvalue weighted by molar-refractivity contribution is 5.94. The fourth-order valence-corrected chi connectivity index (χ4v) is 3.33. The lowest BCUT2D eigenvalue weighted by Gasteiger charge is -2.32. The summed E-state index contributed by atoms with van der Waals surface area (Å²) in [5.74, 6) is 0.180. The summed E-state index contributed by atoms with van der Waals surface area (Å²) in [4.78, 5) is 35.7. The van der Waals surface area contributed by atoms with E-state index in [0.29, 0.717) is 5.76 Å². The molecule has 32 heavy (non-hydrogen) atoms. The van der Waals surface area contributed by atoms with Gasteiger partial charge in [0.2, 0.25) is 0 Å². The van der Waals surface area contributed by atoms with Gasteiger partial charge in [0.15, 0.2) is 11.5 Å². The molecule has 182 valence electrons. The van der Waals surface area contributed by atoms with Gasteiger partial charge in [0, 0.05) is 17.9 Å². The molecule has 1 aromatic rings. The first-order chi connectivity index (χ1) is 14.5. The number of rotatable bonds is 8. The fraction of sp³-hybridized carbons (Fsp3) is 0.760. The average Bonchev–Trinajstić information content (AvgIpc) is 3.27. The van der Waals surface area contributed by atoms with E-state index < -0.39 is 23.0 Å². The lowest BCUT2D eigenvalue weighted by atomic mass is 9.81. The molecule has 0 radical (unpaired) electrons. The van der Waals surface area contributed by atoms with E-state index in [0.717, 1.165) is 5.69 Å². The molecule has 1 N–H and O–H groups in total. The second-order valence-electron chi connectivity index (χ2n) is 10.9. The number of aromatic nitrogens is 1. The van der Waals surface area contributed by atoms with Gasteiger partial charge in [-0.2, -0.15) is 0 Å². The van der Waals surface area contributed by atoms with Crippen LogP contribution in [-0.4, -0.2) is 34.3 Å². The van der Waals surface area contributed by atoms with Crippen molar-refractivity contribution in [3.05, 3.63) is 17.5 Å². The predicted octanol–water partition coefficient (Wildman–Crippen LogP) is 5.19. The number of hydrogen-bond donors (Lipinski definition) is 1. The first-order valence-corrected chi connectivity index (χ1v) is 11.5. The van der Waals surface area contributed by atoms with Crippen LogP contribution in [0.15, 0.2) is 10.6 Å². The molecule has 0 aromatic carbocycles. The molecule has 7 heteroatoms. The normalized spacial score (nSPS) is 16.9. The van der Waals surface area contributed by atoms with Crippen LogP contribution in [0.4, 0.5) is 4.39 Å². The molecule has 1 aromatic heterocycles. The summed E-state index contributed by atoms with van der Waals surface area (Å²) in [5, 5.41) is 6.41. The molecule has 0 spiro atoms. The van der Waals surface area contributed by atoms with Gasteiger partial charge >= 0.3 is 0 Å². The summed E-state index contributed by atoms with van der Waals surface area (Å²) in [7, 11) is 0. The Bertz CT molecular complexity index is 801. The van der Waals surface area contributed by atoms with Gasteiger partial charge < -0.3 is 9.84 Å². The van der Waals surface area contributed by atoms with Crippen molar-refractivity contribution in [2.24, 2.45) is 23.2 Å². The molecule has 0 saturated heterocycles. The van der Waals surface area contributed by atoms with Crippen molar-refractivity contribution in [3.63, 3.8) is 0 Å². The molecule has 2 atom stereocenters. The molecule has 1 fully saturated rings. The summed E-state index contributed by atoms with van der Waals surface area (Å²) in [6, 6.07) is 1.23. The Hall–Kier alpha value is -2.05. The van der Waals surface area contributed by atoms with E-state index in [9.17, 15) is 18.8 Å². The second-order valence-corrected chi connectivity index (χ2v) is 10.9. The van der Waals surface area contributed by atoms with Crippen molar-refractivity contribution < 1.29 is 23.3 Å². The van der Waals surface area contributed by atoms with E-state index in [1.807, 2.05) is 61.5 Å². The van der Waals surface area contributed by atoms with Crippen LogP contribution in [0.2, 0.25) is 0 Å². The highest BCUT2D eigenvalue weighted by Gasteiger charge is 2.52. The number of aryl methyl sites for hydroxylation is 1. The molecular weight excluding hydrogens is 411 g/mol. The standard InChI is InChI=1S/C13H22FNO2.C12H19NO2/c1-8(2)9(16)10(12(3,4)5)15-11(17)13(14)6-7-13;1-7(2)11(12(14)8(3)4)10-6-9(5)13-15-10/h8,10H,6-7H2,1-5H3,(H,15,17);6-8,11H,1-5H3. The van der Waals surface area contributed by atoms with Crippen LogP contribution in [-0.2, 0) is 14.4 Å². The Labute approximate surface area is 192 Å². The van der Waals surface area contributed by atoms with Gasteiger partial charge in [-0.15, -0.1) is 0 Å². The Balaban J connectivity index is 0.000000323. The number of alkyl halides is 1. The molecule has 0 bridgehead atoms. The number of hydrogen-bond acceptors (Lipinski definition) is 5. The van der Waals surface area contributed by atoms with E-state index in [-0.39, 0.29) is 48.1 Å². The molecule has 1 aliphatic rings. The van der Waals surface area contributed by atoms with E-state index >= 15 is 0 Å². The fourth-order valence-electron chi connectivity index (χ4n) is 3.33. The third-order valence-electron chi connectivity index (χ3n) is 5.59. The second kappa shape index (κ2) is 10.7. The first kappa shape index (κ1) is 28.0. The minimum Gasteiger partial charge on any atom is -0.360 e. The van der Waals surface area contributed by atoms with Crippen LogP contribution in [0, 0.1) is 30.1 Å². The van der Waals surface area contributed by atoms with Crippen LogP contribution >= 0.6 is 0 Å². The van der Waals surface area contributed by atoms with E-state index in [4.69, 9.17) is 4.52 Å². The minimum atomic E-state index is -1.72. The van der Waals surface area contributed by atoms with E-state index in [1.165, 1.54) is 0 Å². The topological polar surface area (TPSA) is 89.3 Å². The monoisotopic (exact) mass is 452 g/mol. The maximum Gasteiger partial charge on any atom is 0.258 e. The summed E-state index contributed by atoms with van der Waals surface area (Å²) in [6.07, 6.45) is 0.539. The first-order valence-electron chi connectivity index (χ1n) is 11.5. The molecule has 1 heterocycles. The summed E-state index contributed by atoms with van der Waals surface area (Å²) < 4.78 is 18.8. The molecule has 6 nitrogen and oxygen atoms in total. The van der Waals surface area contributed by atoms with Crippen molar-refractivity contribution in [1.82, 2.24) is 10.5 Å². The number of nitrogens with one attached hydrogen (secondary N) is 1. The van der Waals surface area contributed by atoms with Crippen molar-refractivity contribution in [2.45, 2.75) is 99.7 Å². The van der Waals surface area contributed by atoms with Gasteiger partial charge in [-0.3, -0.25) is 14.4 Å². The van der Waals surface area contributed by atoms with Crippen LogP contribution < -0.4 is 5.32 Å². The number of amides is 1. The van der Waals surface area contributed by atoms with Crippen LogP contribution in [0.25, 0.3) is 0 Å². The maximum atomic E-state index is 13.6. The zero-order chi connectivity index (χ0) is 25.0. The Morgan fingerprint density at radius 2 is 1.53 bits per heavy atom. The lowest BCUT2D eigenvalue weighted by molar-refractivity contribution is -0.135. The van der Waals surface area contributed by atoms with Crippen LogP contribution in [0.5, 0.6) is 0 Å². The molecule has 1 amide bonds. The number of halogens is 1. The van der Waals surface area contributed by atoms with Gasteiger partial charge in [-0.05, 0) is 31.1 Å². The van der Waals surface area contributed by atoms with Crippen LogP contribution in [0.3, 0.4) is 0 Å². The van der Waals surface area contributed by atoms with Gasteiger partial charge in [0.25, 0.3) is 5.91 Å². The lowest BCUT2D eigenvalue weighted by Crippen LogP contribution is -2.53. The van der Waals surface area contributed by atoms with Gasteiger partial charge in [0.1, 0.15) is 11.5 Å². The zero-order valence-corrected chi connectivity index (χ0v) is 21.3. The Morgan fingerprint density at radius 3 is 1.84 bits per heavy atom. The number of carbonyl (C=O) groups excluding carboxylic acids is 3. The SMILES string of the molecule is CC(C)C(=O)C(NC(=O)C1(F)CC1)C(C)(C)C.Cc1cc(C(C(=O)C(C)C)C(C)C)on1. The molecule has 2 rings (SSSR count). The quantitative estimate of drug-likeness (QED) is 0.586. The Kier molecular flexibility index (Phi) is 9.37. The molecular formula is C25H41FN2O4. The van der Waals surface area contributed by atoms with Crippen molar-refractivity contribution in [3.8, 4) is 0 Å². The minimum absolute atomic E-state index is 0.0304. The van der Waals surface area contributed by atoms with E-state index in [1.54, 1.807) is 13.8 Å². The number of carbonyl (C=O) groups is 3. The summed E-state index contributed by atoms with van der Waals surface area (Å²) >= 11 is 0. The highest BCUT2D eigenvalue weighted by atomic mass is 19.1. The smallest absolute Gasteiger partial charge is 0.258 e. The number of ketones is 2. The maximum absolute atomic E-state index is 13.6. The molecule has 0 aliphatic heterocycles. The highest BCUT2D eigenvalue weighted by Crippen LogP contribution is 2.40. The zero-order valence-electron chi connectivity index (χ0n) is 21.3. The summed E-state index contributed by atoms with van der Waals surface area (Å²) in [5.41, 5.74) is -1.30. The largest absolute Gasteiger partial charge is 0.360 e. The van der Waals surface area contributed by atoms with Gasteiger partial charge in [0.05, 0.1) is 17.7 Å². The average molecular weight is 453 g/mol. The van der Waals surface area contributed by atoms with Crippen molar-refractivity contribution in [1.29, 1.82) is 0 Å². The molecule has 1 saturated carbocycles. The van der Waals surface area contributed by atoms with Crippen molar-refractivity contribution >= 4 is 17.5 Å². The third-order valence-corrected chi connectivity index (χ3v) is 5.59. The van der Waals surface area contributed by atoms with Crippen molar-refractivity contribution in [2.75, 3.05) is 0 Å². The molecule has 2 unspecified atom stereocenters. The predicted molar refractivity (Wildman–Crippen MR) is 123 cm³/mol.